The van der Waals surface area contributed by atoms with Crippen molar-refractivity contribution >= 4 is 11.4 Å². The fraction of sp³-hybridized carbons (Fsp3) is 0.556. The maximum atomic E-state index is 13.6. The number of anilines is 2. The van der Waals surface area contributed by atoms with Crippen molar-refractivity contribution in [3.8, 4) is 0 Å². The summed E-state index contributed by atoms with van der Waals surface area (Å²) >= 11 is 0. The average molecular weight is 476 g/mol. The molecular weight excluding hydrogens is 442 g/mol. The van der Waals surface area contributed by atoms with Crippen molar-refractivity contribution in [3.63, 3.8) is 0 Å². The minimum absolute atomic E-state index is 0.322. The summed E-state index contributed by atoms with van der Waals surface area (Å²) in [6.07, 6.45) is 2.66. The Labute approximate surface area is 199 Å². The van der Waals surface area contributed by atoms with Crippen LogP contribution in [-0.2, 0) is 19.0 Å². The van der Waals surface area contributed by atoms with Gasteiger partial charge in [0.05, 0.1) is 16.9 Å². The first-order chi connectivity index (χ1) is 16.3. The molecule has 0 spiro atoms. The predicted octanol–water partition coefficient (Wildman–Crippen LogP) is 6.39. The largest absolute Gasteiger partial charge is 0.416 e. The Morgan fingerprint density at radius 1 is 1.03 bits per heavy atom. The zero-order valence-electron chi connectivity index (χ0n) is 19.7. The number of benzene rings is 2. The molecule has 5 rings (SSSR count). The third-order valence-electron chi connectivity index (χ3n) is 7.66. The Hall–Kier alpha value is -2.28. The van der Waals surface area contributed by atoms with Crippen LogP contribution in [0.2, 0.25) is 0 Å². The van der Waals surface area contributed by atoms with Gasteiger partial charge in [0.25, 0.3) is 0 Å². The van der Waals surface area contributed by atoms with Crippen LogP contribution in [0.4, 0.5) is 28.9 Å². The second kappa shape index (κ2) is 9.40. The molecule has 2 aromatic carbocycles. The van der Waals surface area contributed by atoms with Crippen molar-refractivity contribution in [1.82, 2.24) is 4.90 Å². The molecule has 1 N–H and O–H groups in total. The van der Waals surface area contributed by atoms with Crippen LogP contribution in [0.25, 0.3) is 0 Å². The van der Waals surface area contributed by atoms with Gasteiger partial charge in [0.1, 0.15) is 12.0 Å². The summed E-state index contributed by atoms with van der Waals surface area (Å²) in [6.45, 7) is 6.38. The number of hydrogen-bond donors (Lipinski definition) is 1. The van der Waals surface area contributed by atoms with Gasteiger partial charge in [-0.1, -0.05) is 12.5 Å². The minimum Gasteiger partial charge on any atom is -0.362 e. The quantitative estimate of drug-likeness (QED) is 0.488. The second-order valence-electron chi connectivity index (χ2n) is 10.3. The van der Waals surface area contributed by atoms with E-state index in [1.807, 2.05) is 0 Å². The summed E-state index contributed by atoms with van der Waals surface area (Å²) in [7, 11) is 0. The first-order valence-electron chi connectivity index (χ1n) is 12.5. The summed E-state index contributed by atoms with van der Waals surface area (Å²) < 4.78 is 52.4. The number of nitrogens with one attached hydrogen (secondary N) is 1. The summed E-state index contributed by atoms with van der Waals surface area (Å²) in [5.41, 5.74) is 5.01. The first-order valence-corrected chi connectivity index (χ1v) is 12.5. The van der Waals surface area contributed by atoms with E-state index in [0.717, 1.165) is 64.3 Å². The van der Waals surface area contributed by atoms with E-state index in [2.05, 4.69) is 34.2 Å². The standard InChI is InChI=1S/C27H33F4N3/c1-18-12-21-6-3-9-34-25(32-24(13-18)26(21)34)17-33-10-7-19(8-11-33)4-2-5-20-14-22(27(29,30)31)16-23(28)15-20/h12-16,19,25,32H,2-11,17H2,1H3. The van der Waals surface area contributed by atoms with Gasteiger partial charge >= 0.3 is 6.18 Å². The normalized spacial score (nSPS) is 21.0. The van der Waals surface area contributed by atoms with Gasteiger partial charge < -0.3 is 10.2 Å². The van der Waals surface area contributed by atoms with Crippen LogP contribution in [0.3, 0.4) is 0 Å². The van der Waals surface area contributed by atoms with Crippen LogP contribution < -0.4 is 10.2 Å². The number of hydrogen-bond acceptors (Lipinski definition) is 3. The third-order valence-corrected chi connectivity index (χ3v) is 7.66. The molecule has 0 bridgehead atoms. The molecule has 1 saturated heterocycles. The van der Waals surface area contributed by atoms with Crippen LogP contribution in [0, 0.1) is 18.7 Å². The van der Waals surface area contributed by atoms with E-state index < -0.39 is 17.6 Å². The molecule has 2 aromatic rings. The Morgan fingerprint density at radius 3 is 2.59 bits per heavy atom. The van der Waals surface area contributed by atoms with Gasteiger partial charge in [-0.15, -0.1) is 0 Å². The lowest BCUT2D eigenvalue weighted by Crippen LogP contribution is -2.48. The molecule has 1 atom stereocenters. The molecule has 0 aromatic heterocycles. The zero-order chi connectivity index (χ0) is 23.9. The van der Waals surface area contributed by atoms with E-state index in [1.165, 1.54) is 35.0 Å². The molecule has 184 valence electrons. The minimum atomic E-state index is -4.51. The van der Waals surface area contributed by atoms with E-state index in [1.54, 1.807) is 0 Å². The summed E-state index contributed by atoms with van der Waals surface area (Å²) in [4.78, 5) is 5.09. The number of rotatable bonds is 6. The first kappa shape index (κ1) is 23.5. The fourth-order valence-corrected chi connectivity index (χ4v) is 6.01. The van der Waals surface area contributed by atoms with Crippen molar-refractivity contribution < 1.29 is 17.6 Å². The molecule has 3 nitrogen and oxygen atoms in total. The van der Waals surface area contributed by atoms with Crippen LogP contribution >= 0.6 is 0 Å². The number of nitrogens with zero attached hydrogens (tertiary/aromatic N) is 2. The number of likely N-dealkylation sites (tertiary alicyclic amines) is 1. The molecule has 7 heteroatoms. The van der Waals surface area contributed by atoms with E-state index in [0.29, 0.717) is 30.1 Å². The number of aryl methyl sites for hydroxylation is 3. The van der Waals surface area contributed by atoms with Crippen LogP contribution in [-0.4, -0.2) is 37.2 Å². The van der Waals surface area contributed by atoms with Crippen molar-refractivity contribution in [3.05, 3.63) is 58.4 Å². The Bertz CT molecular complexity index is 1030. The molecule has 0 aliphatic carbocycles. The molecule has 34 heavy (non-hydrogen) atoms. The zero-order valence-corrected chi connectivity index (χ0v) is 19.7. The SMILES string of the molecule is Cc1cc2c3c(c1)NC(CN1CCC(CCCc4cc(F)cc(C(F)(F)F)c4)CC1)N3CCC2. The van der Waals surface area contributed by atoms with Crippen molar-refractivity contribution in [2.75, 3.05) is 36.4 Å². The molecule has 0 radical (unpaired) electrons. The Kier molecular flexibility index (Phi) is 6.49. The van der Waals surface area contributed by atoms with E-state index in [-0.39, 0.29) is 0 Å². The molecular formula is C27H33F4N3. The van der Waals surface area contributed by atoms with Crippen molar-refractivity contribution in [2.24, 2.45) is 5.92 Å². The van der Waals surface area contributed by atoms with E-state index in [9.17, 15) is 17.6 Å². The maximum Gasteiger partial charge on any atom is 0.416 e. The lowest BCUT2D eigenvalue weighted by atomic mass is 9.90. The molecule has 0 saturated carbocycles. The predicted molar refractivity (Wildman–Crippen MR) is 128 cm³/mol. The molecule has 3 aliphatic heterocycles. The smallest absolute Gasteiger partial charge is 0.362 e. The lowest BCUT2D eigenvalue weighted by Gasteiger charge is -2.37. The highest BCUT2D eigenvalue weighted by atomic mass is 19.4. The Balaban J connectivity index is 1.09. The van der Waals surface area contributed by atoms with Gasteiger partial charge in [-0.2, -0.15) is 13.2 Å². The van der Waals surface area contributed by atoms with Gasteiger partial charge in [-0.25, -0.2) is 4.39 Å². The Morgan fingerprint density at radius 2 is 1.82 bits per heavy atom. The maximum absolute atomic E-state index is 13.6. The highest BCUT2D eigenvalue weighted by molar-refractivity contribution is 5.81. The molecule has 1 fully saturated rings. The average Bonchev–Trinajstić information content (AvgIpc) is 3.12. The van der Waals surface area contributed by atoms with E-state index >= 15 is 0 Å². The van der Waals surface area contributed by atoms with Crippen molar-refractivity contribution in [1.29, 1.82) is 0 Å². The number of halogens is 4. The van der Waals surface area contributed by atoms with Crippen LogP contribution in [0.1, 0.15) is 54.4 Å². The number of piperidine rings is 1. The molecule has 1 unspecified atom stereocenters. The fourth-order valence-electron chi connectivity index (χ4n) is 6.01. The van der Waals surface area contributed by atoms with Gasteiger partial charge in [0, 0.05) is 13.1 Å². The lowest BCUT2D eigenvalue weighted by molar-refractivity contribution is -0.137. The molecule has 3 heterocycles. The second-order valence-corrected chi connectivity index (χ2v) is 10.3. The third kappa shape index (κ3) is 5.04. The van der Waals surface area contributed by atoms with Gasteiger partial charge in [0.2, 0.25) is 0 Å². The van der Waals surface area contributed by atoms with Crippen molar-refractivity contribution in [2.45, 2.75) is 64.2 Å². The van der Waals surface area contributed by atoms with Gasteiger partial charge in [-0.3, -0.25) is 4.90 Å². The highest BCUT2D eigenvalue weighted by Gasteiger charge is 2.35. The topological polar surface area (TPSA) is 18.5 Å². The summed E-state index contributed by atoms with van der Waals surface area (Å²) in [5, 5.41) is 3.76. The monoisotopic (exact) mass is 475 g/mol. The van der Waals surface area contributed by atoms with Crippen LogP contribution in [0.15, 0.2) is 30.3 Å². The van der Waals surface area contributed by atoms with E-state index in [4.69, 9.17) is 0 Å². The molecule has 0 amide bonds. The summed E-state index contributed by atoms with van der Waals surface area (Å²) in [5.74, 6) is -0.221. The van der Waals surface area contributed by atoms with Crippen LogP contribution in [0.5, 0.6) is 0 Å². The van der Waals surface area contributed by atoms with Gasteiger partial charge in [0.15, 0.2) is 0 Å². The molecule has 3 aliphatic rings. The van der Waals surface area contributed by atoms with Gasteiger partial charge in [-0.05, 0) is 105 Å². The highest BCUT2D eigenvalue weighted by Crippen LogP contribution is 2.42. The summed E-state index contributed by atoms with van der Waals surface area (Å²) in [6, 6.07) is 7.49. The number of alkyl halides is 3.